The van der Waals surface area contributed by atoms with Crippen molar-refractivity contribution in [2.45, 2.75) is 57.6 Å². The van der Waals surface area contributed by atoms with E-state index in [1.54, 1.807) is 28.3 Å². The van der Waals surface area contributed by atoms with Crippen molar-refractivity contribution in [2.75, 3.05) is 24.5 Å². The Morgan fingerprint density at radius 2 is 1.78 bits per heavy atom. The van der Waals surface area contributed by atoms with Gasteiger partial charge in [0, 0.05) is 37.2 Å². The fourth-order valence-electron chi connectivity index (χ4n) is 4.28. The summed E-state index contributed by atoms with van der Waals surface area (Å²) in [5.41, 5.74) is 2.12. The molecule has 8 nitrogen and oxygen atoms in total. The van der Waals surface area contributed by atoms with Crippen molar-refractivity contribution in [1.82, 2.24) is 20.2 Å². The van der Waals surface area contributed by atoms with E-state index in [9.17, 15) is 9.59 Å². The standard InChI is InChI=1S/C24H31N5O3/c1-17(2)18-4-8-20(9-5-18)29-15-14-28(24(29)31)16-22(30)27-19-6-10-21(11-7-19)32-23-25-12-3-13-26-23/h3-5,8-9,12-13,17,19,21H,6-7,10-11,14-16H2,1-2H3,(H,27,30). The number of hydrogen-bond donors (Lipinski definition) is 1. The van der Waals surface area contributed by atoms with Crippen molar-refractivity contribution in [1.29, 1.82) is 0 Å². The summed E-state index contributed by atoms with van der Waals surface area (Å²) in [6.45, 7) is 5.53. The van der Waals surface area contributed by atoms with E-state index in [-0.39, 0.29) is 30.6 Å². The number of ether oxygens (including phenoxy) is 1. The minimum atomic E-state index is -0.114. The number of aromatic nitrogens is 2. The summed E-state index contributed by atoms with van der Waals surface area (Å²) in [5, 5.41) is 3.09. The van der Waals surface area contributed by atoms with Crippen LogP contribution in [0.15, 0.2) is 42.7 Å². The molecule has 0 atom stereocenters. The van der Waals surface area contributed by atoms with Crippen molar-refractivity contribution in [2.24, 2.45) is 0 Å². The van der Waals surface area contributed by atoms with Gasteiger partial charge in [0.05, 0.1) is 0 Å². The monoisotopic (exact) mass is 437 g/mol. The summed E-state index contributed by atoms with van der Waals surface area (Å²) < 4.78 is 5.81. The third-order valence-corrected chi connectivity index (χ3v) is 6.15. The van der Waals surface area contributed by atoms with E-state index in [0.717, 1.165) is 31.4 Å². The Hall–Kier alpha value is -3.16. The van der Waals surface area contributed by atoms with E-state index in [0.29, 0.717) is 25.0 Å². The number of nitrogens with one attached hydrogen (secondary N) is 1. The minimum Gasteiger partial charge on any atom is -0.460 e. The van der Waals surface area contributed by atoms with Crippen LogP contribution in [0.1, 0.15) is 51.0 Å². The molecule has 170 valence electrons. The molecule has 0 bridgehead atoms. The smallest absolute Gasteiger partial charge is 0.325 e. The van der Waals surface area contributed by atoms with Crippen LogP contribution in [0.2, 0.25) is 0 Å². The van der Waals surface area contributed by atoms with Crippen LogP contribution in [0.3, 0.4) is 0 Å². The molecule has 1 N–H and O–H groups in total. The number of urea groups is 1. The molecule has 1 aromatic carbocycles. The molecule has 0 unspecified atom stereocenters. The molecule has 1 aliphatic carbocycles. The zero-order chi connectivity index (χ0) is 22.5. The number of carbonyl (C=O) groups excluding carboxylic acids is 2. The maximum Gasteiger partial charge on any atom is 0.325 e. The lowest BCUT2D eigenvalue weighted by Crippen LogP contribution is -2.45. The summed E-state index contributed by atoms with van der Waals surface area (Å²) >= 11 is 0. The van der Waals surface area contributed by atoms with Gasteiger partial charge in [-0.15, -0.1) is 0 Å². The van der Waals surface area contributed by atoms with Crippen LogP contribution < -0.4 is 15.0 Å². The van der Waals surface area contributed by atoms with E-state index in [1.807, 2.05) is 12.1 Å². The van der Waals surface area contributed by atoms with Gasteiger partial charge in [0.2, 0.25) is 5.91 Å². The molecule has 2 heterocycles. The SMILES string of the molecule is CC(C)c1ccc(N2CCN(CC(=O)NC3CCC(Oc4ncccn4)CC3)C2=O)cc1. The molecule has 32 heavy (non-hydrogen) atoms. The number of amides is 3. The zero-order valence-corrected chi connectivity index (χ0v) is 18.7. The largest absolute Gasteiger partial charge is 0.460 e. The average molecular weight is 438 g/mol. The first-order valence-corrected chi connectivity index (χ1v) is 11.4. The number of anilines is 1. The third kappa shape index (κ3) is 5.36. The maximum atomic E-state index is 12.8. The van der Waals surface area contributed by atoms with Crippen LogP contribution in [-0.2, 0) is 4.79 Å². The molecular formula is C24H31N5O3. The topological polar surface area (TPSA) is 87.7 Å². The van der Waals surface area contributed by atoms with Gasteiger partial charge in [0.1, 0.15) is 12.6 Å². The molecular weight excluding hydrogens is 406 g/mol. The molecule has 8 heteroatoms. The molecule has 2 aromatic rings. The first kappa shape index (κ1) is 22.0. The highest BCUT2D eigenvalue weighted by atomic mass is 16.5. The van der Waals surface area contributed by atoms with E-state index < -0.39 is 0 Å². The van der Waals surface area contributed by atoms with Crippen molar-refractivity contribution in [3.63, 3.8) is 0 Å². The first-order valence-electron chi connectivity index (χ1n) is 11.4. The molecule has 1 saturated heterocycles. The summed E-state index contributed by atoms with van der Waals surface area (Å²) in [7, 11) is 0. The van der Waals surface area contributed by atoms with Crippen LogP contribution >= 0.6 is 0 Å². The number of hydrogen-bond acceptors (Lipinski definition) is 5. The minimum absolute atomic E-state index is 0.0707. The number of rotatable bonds is 7. The van der Waals surface area contributed by atoms with E-state index in [2.05, 4.69) is 41.3 Å². The van der Waals surface area contributed by atoms with Crippen molar-refractivity contribution in [3.8, 4) is 6.01 Å². The second-order valence-corrected chi connectivity index (χ2v) is 8.79. The molecule has 2 aliphatic rings. The van der Waals surface area contributed by atoms with Gasteiger partial charge < -0.3 is 15.0 Å². The normalized spacial score (nSPS) is 21.2. The lowest BCUT2D eigenvalue weighted by Gasteiger charge is -2.29. The lowest BCUT2D eigenvalue weighted by molar-refractivity contribution is -0.122. The predicted molar refractivity (Wildman–Crippen MR) is 122 cm³/mol. The van der Waals surface area contributed by atoms with Gasteiger partial charge in [-0.3, -0.25) is 9.69 Å². The molecule has 4 rings (SSSR count). The Morgan fingerprint density at radius 1 is 1.09 bits per heavy atom. The Labute approximate surface area is 189 Å². The highest BCUT2D eigenvalue weighted by molar-refractivity contribution is 5.96. The van der Waals surface area contributed by atoms with Gasteiger partial charge in [-0.1, -0.05) is 26.0 Å². The molecule has 2 fully saturated rings. The Kier molecular flexibility index (Phi) is 6.87. The van der Waals surface area contributed by atoms with Crippen molar-refractivity contribution in [3.05, 3.63) is 48.3 Å². The Bertz CT molecular complexity index is 911. The summed E-state index contributed by atoms with van der Waals surface area (Å²) in [6.07, 6.45) is 6.75. The van der Waals surface area contributed by atoms with Crippen LogP contribution in [0.5, 0.6) is 6.01 Å². The average Bonchev–Trinajstić information content (AvgIpc) is 3.15. The van der Waals surface area contributed by atoms with Gasteiger partial charge in [0.25, 0.3) is 0 Å². The van der Waals surface area contributed by atoms with E-state index in [4.69, 9.17) is 4.74 Å². The number of carbonyl (C=O) groups is 2. The summed E-state index contributed by atoms with van der Waals surface area (Å²) in [4.78, 5) is 36.9. The van der Waals surface area contributed by atoms with Crippen LogP contribution in [0.25, 0.3) is 0 Å². The molecule has 1 aliphatic heterocycles. The fourth-order valence-corrected chi connectivity index (χ4v) is 4.28. The van der Waals surface area contributed by atoms with Crippen molar-refractivity contribution < 1.29 is 14.3 Å². The van der Waals surface area contributed by atoms with Gasteiger partial charge in [-0.25, -0.2) is 14.8 Å². The quantitative estimate of drug-likeness (QED) is 0.718. The molecule has 1 saturated carbocycles. The highest BCUT2D eigenvalue weighted by Gasteiger charge is 2.32. The van der Waals surface area contributed by atoms with Gasteiger partial charge >= 0.3 is 12.0 Å². The molecule has 3 amide bonds. The second kappa shape index (κ2) is 9.97. The lowest BCUT2D eigenvalue weighted by atomic mass is 9.93. The molecule has 0 radical (unpaired) electrons. The van der Waals surface area contributed by atoms with Gasteiger partial charge in [0.15, 0.2) is 0 Å². The maximum absolute atomic E-state index is 12.8. The zero-order valence-electron chi connectivity index (χ0n) is 18.7. The Morgan fingerprint density at radius 3 is 2.44 bits per heavy atom. The fraction of sp³-hybridized carbons (Fsp3) is 0.500. The Balaban J connectivity index is 1.22. The van der Waals surface area contributed by atoms with E-state index in [1.165, 1.54) is 5.56 Å². The third-order valence-electron chi connectivity index (χ3n) is 6.15. The highest BCUT2D eigenvalue weighted by Crippen LogP contribution is 2.24. The predicted octanol–water partition coefficient (Wildman–Crippen LogP) is 3.35. The molecule has 1 aromatic heterocycles. The van der Waals surface area contributed by atoms with Crippen LogP contribution in [-0.4, -0.2) is 58.6 Å². The number of nitrogens with zero attached hydrogens (tertiary/aromatic N) is 4. The van der Waals surface area contributed by atoms with Crippen molar-refractivity contribution >= 4 is 17.6 Å². The van der Waals surface area contributed by atoms with Crippen LogP contribution in [0, 0.1) is 0 Å². The van der Waals surface area contributed by atoms with Gasteiger partial charge in [-0.05, 0) is 55.4 Å². The second-order valence-electron chi connectivity index (χ2n) is 8.79. The van der Waals surface area contributed by atoms with Crippen LogP contribution in [0.4, 0.5) is 10.5 Å². The first-order chi connectivity index (χ1) is 15.5. The summed E-state index contributed by atoms with van der Waals surface area (Å²) in [6, 6.07) is 10.2. The van der Waals surface area contributed by atoms with Gasteiger partial charge in [-0.2, -0.15) is 0 Å². The summed E-state index contributed by atoms with van der Waals surface area (Å²) in [5.74, 6) is 0.345. The molecule has 0 spiro atoms. The number of benzene rings is 1. The van der Waals surface area contributed by atoms with E-state index >= 15 is 0 Å².